The normalized spacial score (nSPS) is 9.89. The second-order valence-corrected chi connectivity index (χ2v) is 4.10. The van der Waals surface area contributed by atoms with E-state index in [2.05, 4.69) is 6.07 Å². The minimum Gasteiger partial charge on any atom is -0.457 e. The van der Waals surface area contributed by atoms with Gasteiger partial charge in [0.2, 0.25) is 0 Å². The quantitative estimate of drug-likeness (QED) is 0.822. The average molecular weight is 254 g/mol. The van der Waals surface area contributed by atoms with Gasteiger partial charge in [-0.3, -0.25) is 0 Å². The molecule has 0 spiro atoms. The molecule has 2 rings (SSSR count). The minimum atomic E-state index is -0.0291. The van der Waals surface area contributed by atoms with Gasteiger partial charge < -0.3 is 15.6 Å². The van der Waals surface area contributed by atoms with E-state index in [0.717, 1.165) is 11.1 Å². The van der Waals surface area contributed by atoms with Crippen molar-refractivity contribution in [2.75, 3.05) is 5.73 Å². The van der Waals surface area contributed by atoms with Crippen molar-refractivity contribution in [2.45, 2.75) is 13.0 Å². The Bertz CT molecular complexity index is 618. The van der Waals surface area contributed by atoms with Crippen molar-refractivity contribution in [1.29, 1.82) is 5.26 Å². The van der Waals surface area contributed by atoms with Gasteiger partial charge >= 0.3 is 0 Å². The predicted molar refractivity (Wildman–Crippen MR) is 72.6 cm³/mol. The maximum Gasteiger partial charge on any atom is 0.127 e. The summed E-state index contributed by atoms with van der Waals surface area (Å²) in [6, 6.07) is 14.5. The van der Waals surface area contributed by atoms with Crippen molar-refractivity contribution in [3.05, 3.63) is 53.6 Å². The summed E-state index contributed by atoms with van der Waals surface area (Å²) < 4.78 is 5.69. The Kier molecular flexibility index (Phi) is 4.01. The van der Waals surface area contributed by atoms with E-state index >= 15 is 0 Å². The summed E-state index contributed by atoms with van der Waals surface area (Å²) in [5.74, 6) is 1.26. The van der Waals surface area contributed by atoms with Crippen molar-refractivity contribution in [3.63, 3.8) is 0 Å². The molecule has 0 aliphatic heterocycles. The number of anilines is 1. The van der Waals surface area contributed by atoms with Crippen molar-refractivity contribution >= 4 is 5.69 Å². The molecule has 0 saturated heterocycles. The van der Waals surface area contributed by atoms with Gasteiger partial charge in [0.1, 0.15) is 11.5 Å². The first-order valence-corrected chi connectivity index (χ1v) is 5.86. The highest BCUT2D eigenvalue weighted by Crippen LogP contribution is 2.26. The topological polar surface area (TPSA) is 79.3 Å². The first kappa shape index (κ1) is 12.9. The molecular weight excluding hydrogens is 240 g/mol. The first-order chi connectivity index (χ1) is 9.22. The van der Waals surface area contributed by atoms with E-state index in [1.807, 2.05) is 12.1 Å². The Balaban J connectivity index is 2.23. The number of aliphatic hydroxyl groups excluding tert-OH is 1. The van der Waals surface area contributed by atoms with Gasteiger partial charge in [0.25, 0.3) is 0 Å². The molecule has 96 valence electrons. The fourth-order valence-corrected chi connectivity index (χ4v) is 1.73. The van der Waals surface area contributed by atoms with Gasteiger partial charge in [-0.25, -0.2) is 0 Å². The number of ether oxygens (including phenoxy) is 1. The van der Waals surface area contributed by atoms with Crippen LogP contribution in [0.1, 0.15) is 11.1 Å². The summed E-state index contributed by atoms with van der Waals surface area (Å²) in [6.45, 7) is -0.0291. The lowest BCUT2D eigenvalue weighted by Gasteiger charge is -2.09. The number of nitrogens with two attached hydrogens (primary N) is 1. The molecule has 0 bridgehead atoms. The Labute approximate surface area is 111 Å². The summed E-state index contributed by atoms with van der Waals surface area (Å²) in [5, 5.41) is 17.8. The highest BCUT2D eigenvalue weighted by atomic mass is 16.5. The van der Waals surface area contributed by atoms with Gasteiger partial charge in [-0.1, -0.05) is 12.1 Å². The Morgan fingerprint density at radius 2 is 1.95 bits per heavy atom. The molecule has 19 heavy (non-hydrogen) atoms. The lowest BCUT2D eigenvalue weighted by atomic mass is 10.1. The molecule has 3 N–H and O–H groups in total. The maximum atomic E-state index is 9.07. The Morgan fingerprint density at radius 1 is 1.16 bits per heavy atom. The Hall–Kier alpha value is -2.51. The largest absolute Gasteiger partial charge is 0.457 e. The van der Waals surface area contributed by atoms with Crippen LogP contribution in [-0.4, -0.2) is 5.11 Å². The third kappa shape index (κ3) is 3.24. The molecule has 0 heterocycles. The molecule has 0 atom stereocenters. The average Bonchev–Trinajstić information content (AvgIpc) is 2.43. The molecule has 0 unspecified atom stereocenters. The monoisotopic (exact) mass is 254 g/mol. The molecule has 0 radical (unpaired) electrons. The number of benzene rings is 2. The van der Waals surface area contributed by atoms with Crippen LogP contribution in [0, 0.1) is 11.3 Å². The van der Waals surface area contributed by atoms with Crippen LogP contribution in [0.3, 0.4) is 0 Å². The molecule has 2 aromatic carbocycles. The standard InChI is InChI=1S/C15H14N2O2/c16-7-6-12-9-14(4-5-15(12)17)19-13-3-1-2-11(8-13)10-18/h1-5,8-9,18H,6,10,17H2. The van der Waals surface area contributed by atoms with E-state index in [0.29, 0.717) is 17.2 Å². The third-order valence-corrected chi connectivity index (χ3v) is 2.70. The fourth-order valence-electron chi connectivity index (χ4n) is 1.73. The van der Waals surface area contributed by atoms with Crippen molar-refractivity contribution in [3.8, 4) is 17.6 Å². The van der Waals surface area contributed by atoms with Gasteiger partial charge in [0.15, 0.2) is 0 Å². The smallest absolute Gasteiger partial charge is 0.127 e. The van der Waals surface area contributed by atoms with E-state index in [4.69, 9.17) is 20.8 Å². The van der Waals surface area contributed by atoms with Gasteiger partial charge in [-0.2, -0.15) is 5.26 Å². The molecule has 0 aliphatic carbocycles. The second kappa shape index (κ2) is 5.89. The maximum absolute atomic E-state index is 9.07. The lowest BCUT2D eigenvalue weighted by molar-refractivity contribution is 0.281. The number of nitrogens with zero attached hydrogens (tertiary/aromatic N) is 1. The second-order valence-electron chi connectivity index (χ2n) is 4.10. The van der Waals surface area contributed by atoms with Gasteiger partial charge in [-0.05, 0) is 41.5 Å². The van der Waals surface area contributed by atoms with Crippen LogP contribution in [0.5, 0.6) is 11.5 Å². The highest BCUT2D eigenvalue weighted by Gasteiger charge is 2.03. The van der Waals surface area contributed by atoms with E-state index in [-0.39, 0.29) is 13.0 Å². The van der Waals surface area contributed by atoms with E-state index in [9.17, 15) is 0 Å². The summed E-state index contributed by atoms with van der Waals surface area (Å²) >= 11 is 0. The number of nitriles is 1. The summed E-state index contributed by atoms with van der Waals surface area (Å²) in [5.41, 5.74) is 7.89. The molecule has 0 fully saturated rings. The molecule has 0 amide bonds. The SMILES string of the molecule is N#CCc1cc(Oc2cccc(CO)c2)ccc1N. The van der Waals surface area contributed by atoms with Crippen LogP contribution in [0.25, 0.3) is 0 Å². The zero-order chi connectivity index (χ0) is 13.7. The Morgan fingerprint density at radius 3 is 2.68 bits per heavy atom. The predicted octanol–water partition coefficient (Wildman–Crippen LogP) is 2.62. The number of hydrogen-bond acceptors (Lipinski definition) is 4. The minimum absolute atomic E-state index is 0.0291. The number of rotatable bonds is 4. The molecule has 0 saturated carbocycles. The van der Waals surface area contributed by atoms with E-state index < -0.39 is 0 Å². The summed E-state index contributed by atoms with van der Waals surface area (Å²) in [7, 11) is 0. The van der Waals surface area contributed by atoms with Crippen LogP contribution >= 0.6 is 0 Å². The van der Waals surface area contributed by atoms with Crippen molar-refractivity contribution < 1.29 is 9.84 Å². The highest BCUT2D eigenvalue weighted by molar-refractivity contribution is 5.52. The first-order valence-electron chi connectivity index (χ1n) is 5.86. The summed E-state index contributed by atoms with van der Waals surface area (Å²) in [6.07, 6.45) is 0.250. The number of nitrogen functional groups attached to an aromatic ring is 1. The van der Waals surface area contributed by atoms with E-state index in [1.165, 1.54) is 0 Å². The summed E-state index contributed by atoms with van der Waals surface area (Å²) in [4.78, 5) is 0. The fraction of sp³-hybridized carbons (Fsp3) is 0.133. The van der Waals surface area contributed by atoms with E-state index in [1.54, 1.807) is 30.3 Å². The third-order valence-electron chi connectivity index (χ3n) is 2.70. The van der Waals surface area contributed by atoms with Crippen LogP contribution in [0.2, 0.25) is 0 Å². The number of hydrogen-bond donors (Lipinski definition) is 2. The molecule has 4 nitrogen and oxygen atoms in total. The van der Waals surface area contributed by atoms with Crippen LogP contribution in [-0.2, 0) is 13.0 Å². The molecule has 0 aliphatic rings. The van der Waals surface area contributed by atoms with Gasteiger partial charge in [-0.15, -0.1) is 0 Å². The van der Waals surface area contributed by atoms with Gasteiger partial charge in [0, 0.05) is 5.69 Å². The van der Waals surface area contributed by atoms with Crippen LogP contribution in [0.4, 0.5) is 5.69 Å². The molecule has 2 aromatic rings. The molecule has 4 heteroatoms. The molecule has 0 aromatic heterocycles. The van der Waals surface area contributed by atoms with Crippen LogP contribution in [0.15, 0.2) is 42.5 Å². The van der Waals surface area contributed by atoms with Gasteiger partial charge in [0.05, 0.1) is 19.1 Å². The zero-order valence-corrected chi connectivity index (χ0v) is 10.3. The number of aliphatic hydroxyl groups is 1. The molecular formula is C15H14N2O2. The lowest BCUT2D eigenvalue weighted by Crippen LogP contribution is -1.94. The van der Waals surface area contributed by atoms with Crippen LogP contribution < -0.4 is 10.5 Å². The van der Waals surface area contributed by atoms with Crippen molar-refractivity contribution in [2.24, 2.45) is 0 Å². The zero-order valence-electron chi connectivity index (χ0n) is 10.3. The van der Waals surface area contributed by atoms with Crippen molar-refractivity contribution in [1.82, 2.24) is 0 Å².